The average Bonchev–Trinajstić information content (AvgIpc) is 3.20. The van der Waals surface area contributed by atoms with Crippen LogP contribution in [0.2, 0.25) is 0 Å². The third-order valence-corrected chi connectivity index (χ3v) is 6.02. The van der Waals surface area contributed by atoms with E-state index in [1.54, 1.807) is 0 Å². The van der Waals surface area contributed by atoms with Gasteiger partial charge in [-0.2, -0.15) is 0 Å². The van der Waals surface area contributed by atoms with Gasteiger partial charge in [0.15, 0.2) is 0 Å². The van der Waals surface area contributed by atoms with Crippen LogP contribution in [-0.2, 0) is 24.3 Å². The molecule has 7 nitrogen and oxygen atoms in total. The Hall–Kier alpha value is -2.80. The fourth-order valence-corrected chi connectivity index (χ4v) is 4.35. The van der Waals surface area contributed by atoms with Gasteiger partial charge in [0.2, 0.25) is 5.91 Å². The highest BCUT2D eigenvalue weighted by Crippen LogP contribution is 2.23. The Morgan fingerprint density at radius 3 is 3.03 bits per heavy atom. The molecule has 1 N–H and O–H groups in total. The maximum absolute atomic E-state index is 12.8. The fourth-order valence-electron chi connectivity index (χ4n) is 4.35. The molecule has 1 aromatic carbocycles. The number of benzene rings is 1. The minimum atomic E-state index is 0.173. The number of piperidine rings is 1. The maximum Gasteiger partial charge on any atom is 0.224 e. The molecular weight excluding hydrogens is 364 g/mol. The van der Waals surface area contributed by atoms with Crippen molar-refractivity contribution in [2.45, 2.75) is 51.2 Å². The molecule has 0 spiro atoms. The van der Waals surface area contributed by atoms with Crippen LogP contribution in [0, 0.1) is 0 Å². The molecule has 0 radical (unpaired) electrons. The van der Waals surface area contributed by atoms with Crippen LogP contribution >= 0.6 is 0 Å². The minimum absolute atomic E-state index is 0.173. The predicted octanol–water partition coefficient (Wildman–Crippen LogP) is 2.62. The average molecular weight is 390 g/mol. The van der Waals surface area contributed by atoms with Gasteiger partial charge in [-0.1, -0.05) is 18.6 Å². The van der Waals surface area contributed by atoms with Gasteiger partial charge in [-0.3, -0.25) is 4.79 Å². The van der Waals surface area contributed by atoms with Crippen molar-refractivity contribution in [1.82, 2.24) is 29.7 Å². The van der Waals surface area contributed by atoms with E-state index >= 15 is 0 Å². The summed E-state index contributed by atoms with van der Waals surface area (Å²) in [5, 5.41) is 3.51. The van der Waals surface area contributed by atoms with Crippen LogP contribution in [0.15, 0.2) is 36.8 Å². The molecule has 5 rings (SSSR count). The van der Waals surface area contributed by atoms with Crippen LogP contribution in [0.3, 0.4) is 0 Å². The first-order valence-electron chi connectivity index (χ1n) is 10.5. The molecule has 0 bridgehead atoms. The van der Waals surface area contributed by atoms with Crippen LogP contribution in [0.5, 0.6) is 0 Å². The highest BCUT2D eigenvalue weighted by Gasteiger charge is 2.24. The molecule has 0 saturated carbocycles. The van der Waals surface area contributed by atoms with Crippen molar-refractivity contribution in [3.05, 3.63) is 53.9 Å². The van der Waals surface area contributed by atoms with E-state index in [0.717, 1.165) is 54.0 Å². The summed E-state index contributed by atoms with van der Waals surface area (Å²) in [4.78, 5) is 28.6. The Morgan fingerprint density at radius 1 is 1.21 bits per heavy atom. The van der Waals surface area contributed by atoms with Crippen LogP contribution < -0.4 is 5.32 Å². The zero-order valence-electron chi connectivity index (χ0n) is 16.5. The van der Waals surface area contributed by atoms with Gasteiger partial charge < -0.3 is 14.8 Å². The molecule has 2 aliphatic heterocycles. The number of amides is 1. The first-order valence-corrected chi connectivity index (χ1v) is 10.5. The molecule has 1 atom stereocenters. The van der Waals surface area contributed by atoms with Crippen LogP contribution in [0.25, 0.3) is 11.0 Å². The van der Waals surface area contributed by atoms with Crippen molar-refractivity contribution in [1.29, 1.82) is 0 Å². The quantitative estimate of drug-likeness (QED) is 0.741. The van der Waals surface area contributed by atoms with Gasteiger partial charge in [0, 0.05) is 44.2 Å². The second-order valence-corrected chi connectivity index (χ2v) is 7.94. The number of aromatic nitrogens is 4. The number of nitrogens with zero attached hydrogens (tertiary/aromatic N) is 5. The lowest BCUT2D eigenvalue weighted by Crippen LogP contribution is -2.37. The molecule has 2 aliphatic rings. The normalized spacial score (nSPS) is 19.3. The Balaban J connectivity index is 1.22. The van der Waals surface area contributed by atoms with E-state index in [1.807, 2.05) is 41.7 Å². The summed E-state index contributed by atoms with van der Waals surface area (Å²) in [6.45, 7) is 3.02. The number of rotatable bonds is 4. The van der Waals surface area contributed by atoms with Gasteiger partial charge >= 0.3 is 0 Å². The van der Waals surface area contributed by atoms with Crippen molar-refractivity contribution in [3.8, 4) is 0 Å². The van der Waals surface area contributed by atoms with Crippen LogP contribution in [-0.4, -0.2) is 43.4 Å². The van der Waals surface area contributed by atoms with Crippen molar-refractivity contribution < 1.29 is 4.79 Å². The van der Waals surface area contributed by atoms with Crippen molar-refractivity contribution in [2.24, 2.45) is 0 Å². The summed E-state index contributed by atoms with van der Waals surface area (Å²) in [6, 6.07) is 8.29. The minimum Gasteiger partial charge on any atom is -0.338 e. The molecule has 150 valence electrons. The predicted molar refractivity (Wildman–Crippen MR) is 110 cm³/mol. The SMILES string of the molecule is O=C(CCn1cnc2ccccc21)N1CCc2nc([C@H]3CCCCN3)ncc2C1. The summed E-state index contributed by atoms with van der Waals surface area (Å²) in [6.07, 6.45) is 8.58. The topological polar surface area (TPSA) is 75.9 Å². The summed E-state index contributed by atoms with van der Waals surface area (Å²) in [7, 11) is 0. The number of imidazole rings is 1. The largest absolute Gasteiger partial charge is 0.338 e. The molecular formula is C22H26N6O. The van der Waals surface area contributed by atoms with E-state index in [1.165, 1.54) is 12.8 Å². The van der Waals surface area contributed by atoms with E-state index in [2.05, 4.69) is 19.9 Å². The summed E-state index contributed by atoms with van der Waals surface area (Å²) in [5.41, 5.74) is 4.22. The van der Waals surface area contributed by atoms with E-state index in [9.17, 15) is 4.79 Å². The van der Waals surface area contributed by atoms with Gasteiger partial charge in [0.1, 0.15) is 5.82 Å². The molecule has 1 fully saturated rings. The summed E-state index contributed by atoms with van der Waals surface area (Å²) < 4.78 is 2.05. The summed E-state index contributed by atoms with van der Waals surface area (Å²) in [5.74, 6) is 1.08. The number of hydrogen-bond donors (Lipinski definition) is 1. The number of aryl methyl sites for hydroxylation is 1. The highest BCUT2D eigenvalue weighted by atomic mass is 16.2. The van der Waals surface area contributed by atoms with E-state index in [0.29, 0.717) is 19.5 Å². The monoisotopic (exact) mass is 390 g/mol. The molecule has 1 saturated heterocycles. The number of para-hydroxylation sites is 2. The lowest BCUT2D eigenvalue weighted by molar-refractivity contribution is -0.132. The maximum atomic E-state index is 12.8. The highest BCUT2D eigenvalue weighted by molar-refractivity contribution is 5.77. The molecule has 7 heteroatoms. The van der Waals surface area contributed by atoms with Gasteiger partial charge in [-0.15, -0.1) is 0 Å². The molecule has 1 amide bonds. The van der Waals surface area contributed by atoms with Crippen molar-refractivity contribution in [3.63, 3.8) is 0 Å². The van der Waals surface area contributed by atoms with Gasteiger partial charge in [-0.25, -0.2) is 15.0 Å². The number of hydrogen-bond acceptors (Lipinski definition) is 5. The van der Waals surface area contributed by atoms with E-state index in [-0.39, 0.29) is 11.9 Å². The molecule has 4 heterocycles. The third kappa shape index (κ3) is 3.74. The summed E-state index contributed by atoms with van der Waals surface area (Å²) >= 11 is 0. The Labute approximate surface area is 170 Å². The lowest BCUT2D eigenvalue weighted by atomic mass is 10.0. The first-order chi connectivity index (χ1) is 14.3. The Morgan fingerprint density at radius 2 is 2.14 bits per heavy atom. The molecule has 0 aliphatic carbocycles. The lowest BCUT2D eigenvalue weighted by Gasteiger charge is -2.29. The smallest absolute Gasteiger partial charge is 0.224 e. The molecule has 3 aromatic rings. The number of carbonyl (C=O) groups is 1. The zero-order chi connectivity index (χ0) is 19.6. The fraction of sp³-hybridized carbons (Fsp3) is 0.455. The van der Waals surface area contributed by atoms with Gasteiger partial charge in [0.25, 0.3) is 0 Å². The standard InChI is InChI=1S/C22H26N6O/c29-21(9-12-28-15-25-18-5-1-2-7-20(18)28)27-11-8-17-16(14-27)13-24-22(26-17)19-6-3-4-10-23-19/h1-2,5,7,13,15,19,23H,3-4,6,8-12,14H2/t19-/m1/s1. The molecule has 2 aromatic heterocycles. The first kappa shape index (κ1) is 18.2. The van der Waals surface area contributed by atoms with Gasteiger partial charge in [0.05, 0.1) is 29.1 Å². The second kappa shape index (κ2) is 7.91. The Bertz CT molecular complexity index is 1020. The molecule has 0 unspecified atom stereocenters. The van der Waals surface area contributed by atoms with Gasteiger partial charge in [-0.05, 0) is 31.5 Å². The molecule has 29 heavy (non-hydrogen) atoms. The number of carbonyl (C=O) groups excluding carboxylic acids is 1. The van der Waals surface area contributed by atoms with E-state index < -0.39 is 0 Å². The van der Waals surface area contributed by atoms with Crippen LogP contribution in [0.1, 0.15) is 48.8 Å². The number of fused-ring (bicyclic) bond motifs is 2. The number of nitrogens with one attached hydrogen (secondary N) is 1. The zero-order valence-corrected chi connectivity index (χ0v) is 16.5. The van der Waals surface area contributed by atoms with Crippen molar-refractivity contribution >= 4 is 16.9 Å². The van der Waals surface area contributed by atoms with E-state index in [4.69, 9.17) is 4.98 Å². The Kier molecular flexibility index (Phi) is 4.97. The van der Waals surface area contributed by atoms with Crippen molar-refractivity contribution in [2.75, 3.05) is 13.1 Å². The second-order valence-electron chi connectivity index (χ2n) is 7.94. The third-order valence-electron chi connectivity index (χ3n) is 6.02. The van der Waals surface area contributed by atoms with Crippen LogP contribution in [0.4, 0.5) is 0 Å².